The van der Waals surface area contributed by atoms with Gasteiger partial charge in [-0.3, -0.25) is 0 Å². The highest BCUT2D eigenvalue weighted by molar-refractivity contribution is 5.38. The van der Waals surface area contributed by atoms with Crippen LogP contribution >= 0.6 is 0 Å². The van der Waals surface area contributed by atoms with Crippen LogP contribution in [0.1, 0.15) is 278 Å². The van der Waals surface area contributed by atoms with Crippen LogP contribution in [0.3, 0.4) is 0 Å². The second kappa shape index (κ2) is 45.1. The Morgan fingerprint density at radius 1 is 0.623 bits per heavy atom. The fraction of sp³-hybridized carbons (Fsp3) is 0.809. The summed E-state index contributed by atoms with van der Waals surface area (Å²) in [5.41, 5.74) is 22.6. The number of hydrogen-bond acceptors (Lipinski definition) is 8. The molecule has 2 fully saturated rings. The van der Waals surface area contributed by atoms with Crippen LogP contribution in [0.5, 0.6) is 11.5 Å². The number of phenols is 2. The molecule has 9 nitrogen and oxygen atoms in total. The molecule has 2 aromatic carbocycles. The minimum Gasteiger partial charge on any atom is -0.508 e. The Bertz CT molecular complexity index is 1600. The zero-order chi connectivity index (χ0) is 59.1. The van der Waals surface area contributed by atoms with E-state index in [0.717, 1.165) is 50.5 Å². The van der Waals surface area contributed by atoms with Gasteiger partial charge < -0.3 is 48.3 Å². The molecule has 458 valence electrons. The number of hydrogen-bond donors (Lipinski definition) is 7. The molecule has 0 aromatic heterocycles. The van der Waals surface area contributed by atoms with Gasteiger partial charge in [0, 0.05) is 19.6 Å². The highest BCUT2D eigenvalue weighted by Crippen LogP contribution is 2.50. The van der Waals surface area contributed by atoms with E-state index in [-0.39, 0.29) is 12.3 Å². The van der Waals surface area contributed by atoms with Crippen molar-refractivity contribution in [3.8, 4) is 11.5 Å². The molecule has 77 heavy (non-hydrogen) atoms. The predicted molar refractivity (Wildman–Crippen MR) is 344 cm³/mol. The van der Waals surface area contributed by atoms with E-state index in [4.69, 9.17) is 22.0 Å². The molecule has 2 saturated carbocycles. The van der Waals surface area contributed by atoms with Gasteiger partial charge in [-0.2, -0.15) is 0 Å². The van der Waals surface area contributed by atoms with Crippen molar-refractivity contribution < 1.29 is 21.9 Å². The fourth-order valence-corrected chi connectivity index (χ4v) is 13.3. The van der Waals surface area contributed by atoms with Crippen LogP contribution in [0.2, 0.25) is 0 Å². The Hall–Kier alpha value is -2.53. The Kier molecular flexibility index (Phi) is 47.4. The lowest BCUT2D eigenvalue weighted by Crippen LogP contribution is -2.45. The highest BCUT2D eigenvalue weighted by Gasteiger charge is 2.39. The molecule has 0 spiro atoms. The van der Waals surface area contributed by atoms with Gasteiger partial charge in [-0.25, -0.2) is 0 Å². The summed E-state index contributed by atoms with van der Waals surface area (Å²) in [7, 11) is 0. The Morgan fingerprint density at radius 3 is 1.51 bits per heavy atom. The summed E-state index contributed by atoms with van der Waals surface area (Å²) < 4.78 is 0. The van der Waals surface area contributed by atoms with Gasteiger partial charge in [0.25, 0.3) is 0 Å². The van der Waals surface area contributed by atoms with Crippen LogP contribution in [0.15, 0.2) is 42.5 Å². The maximum absolute atomic E-state index is 9.98. The van der Waals surface area contributed by atoms with E-state index >= 15 is 0 Å². The summed E-state index contributed by atoms with van der Waals surface area (Å²) >= 11 is 0. The lowest BCUT2D eigenvalue weighted by Gasteiger charge is -2.45. The lowest BCUT2D eigenvalue weighted by molar-refractivity contribution is -0.0980. The molecule has 2 aliphatic carbocycles. The third kappa shape index (κ3) is 37.2. The van der Waals surface area contributed by atoms with Gasteiger partial charge in [0.15, 0.2) is 0 Å². The van der Waals surface area contributed by atoms with E-state index in [9.17, 15) is 10.2 Å². The predicted octanol–water partition coefficient (Wildman–Crippen LogP) is 17.1. The van der Waals surface area contributed by atoms with Gasteiger partial charge in [-0.05, 0) is 183 Å². The molecule has 2 aromatic rings. The topological polar surface area (TPSA) is 191 Å². The number of carbonyl (C=O) groups is 1. The van der Waals surface area contributed by atoms with E-state index in [0.29, 0.717) is 69.3 Å². The van der Waals surface area contributed by atoms with Crippen LogP contribution in [-0.2, 0) is 11.3 Å². The molecule has 0 aliphatic heterocycles. The fourth-order valence-electron chi connectivity index (χ4n) is 13.3. The standard InChI is InChI=1S/C18H31NO.C15H24O.C12H24.C10H22N2.2C6H15N.CH2O.H2O.H2/c1-6-8-14(5)18(13(3)4)15-9-10-17(20)16(11-15)12-19-7-2;1-5-6-12(4)15(11(2)3)13-7-9-14(16)10-8-13;1-6-12(5)8-10(2)7-11(3,4)9-12;1-9(2)4-8(12)5-10(3,6-9)7-11;1-3-5-7-6-4-2;1-2-3-4-5-6-7;1-2;;/h9-11,13-14,18-20H,6-8,12H2,1-5H3;7-12,15-16H,5-6H2,1-4H3;10H,6-9H2,1-5H3;8H,4-7,11-12H2,1-3H3;7H,3-6H2,1-2H3;2-7H2,1H3;1H2;1H2;1H/i;;;;;;;;1+1. The minimum absolute atomic E-state index is 0. The number of nitrogens with two attached hydrogens (primary N) is 3. The lowest BCUT2D eigenvalue weighted by atomic mass is 9.60. The molecule has 0 amide bonds. The number of unbranched alkanes of at least 4 members (excludes halogenated alkanes) is 3. The van der Waals surface area contributed by atoms with E-state index < -0.39 is 0 Å². The highest BCUT2D eigenvalue weighted by atomic mass is 16.3. The summed E-state index contributed by atoms with van der Waals surface area (Å²) in [6.45, 7) is 53.5. The Balaban J connectivity index is -0.000000280. The van der Waals surface area contributed by atoms with E-state index in [2.05, 4.69) is 173 Å². The van der Waals surface area contributed by atoms with Crippen LogP contribution in [-0.4, -0.2) is 61.2 Å². The first-order valence-corrected chi connectivity index (χ1v) is 31.1. The van der Waals surface area contributed by atoms with Crippen LogP contribution in [0, 0.1) is 51.2 Å². The second-order valence-electron chi connectivity index (χ2n) is 26.5. The summed E-state index contributed by atoms with van der Waals surface area (Å²) in [4.78, 5) is 8.00. The molecule has 0 heterocycles. The number of aromatic hydroxyl groups is 2. The zero-order valence-corrected chi connectivity index (χ0v) is 54.7. The first-order valence-electron chi connectivity index (χ1n) is 31.1. The number of phenolic OH excluding ortho intramolecular Hbond substituents is 2. The van der Waals surface area contributed by atoms with Gasteiger partial charge >= 0.3 is 0 Å². The molecular weight excluding hydrogens is 951 g/mol. The monoisotopic (exact) mass is 1090 g/mol. The summed E-state index contributed by atoms with van der Waals surface area (Å²) in [6, 6.07) is 14.2. The number of nitrogens with one attached hydrogen (secondary N) is 2. The molecule has 2 aliphatic rings. The molecule has 12 N–H and O–H groups in total. The number of benzene rings is 2. The number of carbonyl (C=O) groups excluding carboxylic acids is 1. The van der Waals surface area contributed by atoms with Crippen molar-refractivity contribution in [1.29, 1.82) is 0 Å². The van der Waals surface area contributed by atoms with Crippen molar-refractivity contribution in [2.75, 3.05) is 32.7 Å². The Labute approximate surface area is 481 Å². The maximum atomic E-state index is 9.98. The quantitative estimate of drug-likeness (QED) is 0.0535. The second-order valence-corrected chi connectivity index (χ2v) is 26.5. The van der Waals surface area contributed by atoms with Gasteiger partial charge in [0.2, 0.25) is 0 Å². The first-order chi connectivity index (χ1) is 35.6. The molecule has 0 saturated heterocycles. The molecule has 8 atom stereocenters. The maximum Gasteiger partial charge on any atom is 0.120 e. The molecule has 9 heteroatoms. The molecule has 8 unspecified atom stereocenters. The van der Waals surface area contributed by atoms with Crippen molar-refractivity contribution in [1.82, 2.24) is 10.6 Å². The van der Waals surface area contributed by atoms with Gasteiger partial charge in [0.05, 0.1) is 0 Å². The number of rotatable bonds is 23. The van der Waals surface area contributed by atoms with E-state index in [1.807, 2.05) is 12.9 Å². The molecule has 4 rings (SSSR count). The molecule has 0 bridgehead atoms. The third-order valence-electron chi connectivity index (χ3n) is 15.9. The molecule has 0 radical (unpaired) electrons. The average molecular weight is 1090 g/mol. The summed E-state index contributed by atoms with van der Waals surface area (Å²) in [5.74, 6) is 5.50. The smallest absolute Gasteiger partial charge is 0.120 e. The van der Waals surface area contributed by atoms with E-state index in [1.54, 1.807) is 12.1 Å². The SMILES string of the molecule is C=O.CC1(C)CC(N)CC(C)(CN)C1.CCC1(C)CC(C)CC(C)(C)C1.CCCC(C)C(c1ccc(O)c(CNCC)c1)C(C)C.CCCC(C)C(c1ccc(O)cc1)C(C)C.CCCCCCN.CCCNCCC.O.[2HH]. The van der Waals surface area contributed by atoms with Crippen LogP contribution < -0.4 is 27.8 Å². The van der Waals surface area contributed by atoms with Crippen molar-refractivity contribution in [3.63, 3.8) is 0 Å². The third-order valence-corrected chi connectivity index (χ3v) is 15.9. The van der Waals surface area contributed by atoms with Crippen molar-refractivity contribution in [2.24, 2.45) is 68.5 Å². The molecular formula is C68H137N5O4. The first kappa shape index (κ1) is 80.9. The minimum atomic E-state index is 0. The summed E-state index contributed by atoms with van der Waals surface area (Å²) in [6.07, 6.45) is 21.7. The van der Waals surface area contributed by atoms with Crippen molar-refractivity contribution >= 4 is 6.79 Å². The van der Waals surface area contributed by atoms with Crippen molar-refractivity contribution in [2.45, 2.75) is 272 Å². The van der Waals surface area contributed by atoms with Crippen LogP contribution in [0.25, 0.3) is 0 Å². The van der Waals surface area contributed by atoms with E-state index in [1.165, 1.54) is 121 Å². The van der Waals surface area contributed by atoms with Crippen LogP contribution in [0.4, 0.5) is 0 Å². The summed E-state index contributed by atoms with van der Waals surface area (Å²) in [5, 5.41) is 25.9. The normalized spacial score (nSPS) is 21.5. The average Bonchev–Trinajstić information content (AvgIpc) is 3.33. The van der Waals surface area contributed by atoms with Gasteiger partial charge in [-0.1, -0.05) is 214 Å². The Morgan fingerprint density at radius 2 is 1.10 bits per heavy atom. The largest absolute Gasteiger partial charge is 0.508 e. The zero-order valence-electron chi connectivity index (χ0n) is 54.7. The van der Waals surface area contributed by atoms with Gasteiger partial charge in [-0.15, -0.1) is 0 Å². The van der Waals surface area contributed by atoms with Gasteiger partial charge in [0.1, 0.15) is 18.3 Å². The van der Waals surface area contributed by atoms with Crippen molar-refractivity contribution in [3.05, 3.63) is 59.2 Å².